The van der Waals surface area contributed by atoms with E-state index in [1.54, 1.807) is 4.68 Å². The first-order chi connectivity index (χ1) is 6.16. The first kappa shape index (κ1) is 8.69. The minimum absolute atomic E-state index is 0.696. The van der Waals surface area contributed by atoms with Crippen molar-refractivity contribution in [2.24, 2.45) is 13.0 Å². The number of hydrogen-bond acceptors (Lipinski definition) is 3. The van der Waals surface area contributed by atoms with Gasteiger partial charge in [0, 0.05) is 32.4 Å². The number of aryl methyl sites for hydroxylation is 1. The van der Waals surface area contributed by atoms with E-state index in [0.717, 1.165) is 18.2 Å². The predicted molar refractivity (Wildman–Crippen MR) is 50.0 cm³/mol. The summed E-state index contributed by atoms with van der Waals surface area (Å²) in [4.78, 5) is 2.43. The second kappa shape index (κ2) is 3.10. The normalized spacial score (nSPS) is 28.8. The highest BCUT2D eigenvalue weighted by molar-refractivity contribution is 4.96. The maximum atomic E-state index is 4.07. The van der Waals surface area contributed by atoms with E-state index >= 15 is 0 Å². The van der Waals surface area contributed by atoms with Crippen LogP contribution in [0.15, 0.2) is 6.20 Å². The fraction of sp³-hybridized carbons (Fsp3) is 0.778. The molecule has 72 valence electrons. The van der Waals surface area contributed by atoms with Crippen LogP contribution in [0, 0.1) is 5.92 Å². The van der Waals surface area contributed by atoms with Gasteiger partial charge in [0.2, 0.25) is 0 Å². The van der Waals surface area contributed by atoms with Gasteiger partial charge in [-0.3, -0.25) is 9.58 Å². The van der Waals surface area contributed by atoms with Crippen molar-refractivity contribution in [3.8, 4) is 0 Å². The van der Waals surface area contributed by atoms with Gasteiger partial charge in [-0.25, -0.2) is 0 Å². The van der Waals surface area contributed by atoms with Crippen molar-refractivity contribution in [2.45, 2.75) is 26.4 Å². The Labute approximate surface area is 78.5 Å². The predicted octanol–water partition coefficient (Wildman–Crippen LogP) is 0.655. The lowest BCUT2D eigenvalue weighted by Crippen LogP contribution is -2.52. The molecule has 0 N–H and O–H groups in total. The fourth-order valence-corrected chi connectivity index (χ4v) is 1.79. The summed E-state index contributed by atoms with van der Waals surface area (Å²) in [6.07, 6.45) is 1.98. The van der Waals surface area contributed by atoms with Crippen LogP contribution >= 0.6 is 0 Å². The third-order valence-corrected chi connectivity index (χ3v) is 2.94. The zero-order chi connectivity index (χ0) is 9.42. The van der Waals surface area contributed by atoms with Crippen molar-refractivity contribution in [2.75, 3.05) is 6.54 Å². The third kappa shape index (κ3) is 1.58. The first-order valence-corrected chi connectivity index (χ1v) is 4.76. The molecule has 0 radical (unpaired) electrons. The number of likely N-dealkylation sites (tertiary alicyclic amines) is 1. The molecular formula is C9H16N4. The molecule has 0 aliphatic carbocycles. The molecule has 2 heterocycles. The van der Waals surface area contributed by atoms with E-state index in [-0.39, 0.29) is 0 Å². The van der Waals surface area contributed by atoms with Crippen LogP contribution < -0.4 is 0 Å². The summed E-state index contributed by atoms with van der Waals surface area (Å²) in [5.41, 5.74) is 1.07. The molecule has 1 aliphatic heterocycles. The summed E-state index contributed by atoms with van der Waals surface area (Å²) >= 11 is 0. The SMILES string of the molecule is CC1CN(Cc2cn(C)nn2)C1C. The quantitative estimate of drug-likeness (QED) is 0.670. The Bertz CT molecular complexity index is 294. The lowest BCUT2D eigenvalue weighted by molar-refractivity contribution is 0.0295. The van der Waals surface area contributed by atoms with E-state index in [2.05, 4.69) is 29.1 Å². The average molecular weight is 180 g/mol. The largest absolute Gasteiger partial charge is 0.294 e. The summed E-state index contributed by atoms with van der Waals surface area (Å²) < 4.78 is 1.75. The van der Waals surface area contributed by atoms with E-state index in [0.29, 0.717) is 6.04 Å². The molecule has 0 aromatic carbocycles. The lowest BCUT2D eigenvalue weighted by Gasteiger charge is -2.44. The van der Waals surface area contributed by atoms with Crippen LogP contribution in [-0.2, 0) is 13.6 Å². The van der Waals surface area contributed by atoms with Gasteiger partial charge in [0.1, 0.15) is 0 Å². The van der Waals surface area contributed by atoms with Crippen LogP contribution in [0.4, 0.5) is 0 Å². The molecule has 0 amide bonds. The van der Waals surface area contributed by atoms with Crippen molar-refractivity contribution in [1.29, 1.82) is 0 Å². The maximum Gasteiger partial charge on any atom is 0.0967 e. The van der Waals surface area contributed by atoms with Crippen LogP contribution in [-0.4, -0.2) is 32.5 Å². The van der Waals surface area contributed by atoms with Crippen molar-refractivity contribution in [3.05, 3.63) is 11.9 Å². The van der Waals surface area contributed by atoms with Crippen LogP contribution in [0.1, 0.15) is 19.5 Å². The molecule has 2 rings (SSSR count). The van der Waals surface area contributed by atoms with Gasteiger partial charge in [-0.15, -0.1) is 5.10 Å². The molecule has 2 atom stereocenters. The molecular weight excluding hydrogens is 164 g/mol. The Morgan fingerprint density at radius 2 is 2.31 bits per heavy atom. The van der Waals surface area contributed by atoms with Gasteiger partial charge in [-0.1, -0.05) is 12.1 Å². The van der Waals surface area contributed by atoms with E-state index in [4.69, 9.17) is 0 Å². The summed E-state index contributed by atoms with van der Waals surface area (Å²) in [7, 11) is 1.90. The average Bonchev–Trinajstić information content (AvgIpc) is 2.50. The van der Waals surface area contributed by atoms with Crippen LogP contribution in [0.2, 0.25) is 0 Å². The highest BCUT2D eigenvalue weighted by atomic mass is 15.4. The molecule has 1 aliphatic rings. The molecule has 0 spiro atoms. The number of nitrogens with zero attached hydrogens (tertiary/aromatic N) is 4. The van der Waals surface area contributed by atoms with Gasteiger partial charge in [0.05, 0.1) is 5.69 Å². The zero-order valence-electron chi connectivity index (χ0n) is 8.44. The van der Waals surface area contributed by atoms with Crippen molar-refractivity contribution >= 4 is 0 Å². The molecule has 4 heteroatoms. The third-order valence-electron chi connectivity index (χ3n) is 2.94. The van der Waals surface area contributed by atoms with Gasteiger partial charge >= 0.3 is 0 Å². The molecule has 1 aromatic rings. The van der Waals surface area contributed by atoms with Crippen LogP contribution in [0.5, 0.6) is 0 Å². The van der Waals surface area contributed by atoms with Crippen molar-refractivity contribution in [1.82, 2.24) is 19.9 Å². The summed E-state index contributed by atoms with van der Waals surface area (Å²) in [5, 5.41) is 7.98. The number of hydrogen-bond donors (Lipinski definition) is 0. The number of aromatic nitrogens is 3. The Kier molecular flexibility index (Phi) is 2.07. The molecule has 0 bridgehead atoms. The first-order valence-electron chi connectivity index (χ1n) is 4.76. The van der Waals surface area contributed by atoms with Gasteiger partial charge in [0.25, 0.3) is 0 Å². The topological polar surface area (TPSA) is 34.0 Å². The lowest BCUT2D eigenvalue weighted by atomic mass is 9.92. The van der Waals surface area contributed by atoms with Gasteiger partial charge < -0.3 is 0 Å². The van der Waals surface area contributed by atoms with Crippen LogP contribution in [0.25, 0.3) is 0 Å². The van der Waals surface area contributed by atoms with E-state index in [9.17, 15) is 0 Å². The smallest absolute Gasteiger partial charge is 0.0967 e. The van der Waals surface area contributed by atoms with Crippen molar-refractivity contribution in [3.63, 3.8) is 0 Å². The Hall–Kier alpha value is -0.900. The summed E-state index contributed by atoms with van der Waals surface area (Å²) in [6, 6.07) is 0.696. The van der Waals surface area contributed by atoms with Crippen molar-refractivity contribution < 1.29 is 0 Å². The minimum atomic E-state index is 0.696. The molecule has 1 fully saturated rings. The second-order valence-corrected chi connectivity index (χ2v) is 4.03. The molecule has 1 saturated heterocycles. The minimum Gasteiger partial charge on any atom is -0.294 e. The molecule has 2 unspecified atom stereocenters. The molecule has 0 saturated carbocycles. The van der Waals surface area contributed by atoms with Gasteiger partial charge in [-0.05, 0) is 12.8 Å². The standard InChI is InChI=1S/C9H16N4/c1-7-4-13(8(7)2)6-9-5-12(3)11-10-9/h5,7-8H,4,6H2,1-3H3. The van der Waals surface area contributed by atoms with Gasteiger partial charge in [0.15, 0.2) is 0 Å². The molecule has 4 nitrogen and oxygen atoms in total. The molecule has 13 heavy (non-hydrogen) atoms. The highest BCUT2D eigenvalue weighted by Crippen LogP contribution is 2.24. The summed E-state index contributed by atoms with van der Waals surface area (Å²) in [5.74, 6) is 0.830. The second-order valence-electron chi connectivity index (χ2n) is 4.03. The number of rotatable bonds is 2. The Morgan fingerprint density at radius 1 is 1.54 bits per heavy atom. The monoisotopic (exact) mass is 180 g/mol. The highest BCUT2D eigenvalue weighted by Gasteiger charge is 2.31. The fourth-order valence-electron chi connectivity index (χ4n) is 1.79. The molecule has 1 aromatic heterocycles. The summed E-state index contributed by atoms with van der Waals surface area (Å²) in [6.45, 7) is 6.69. The maximum absolute atomic E-state index is 4.07. The van der Waals surface area contributed by atoms with E-state index < -0.39 is 0 Å². The Morgan fingerprint density at radius 3 is 2.77 bits per heavy atom. The van der Waals surface area contributed by atoms with E-state index in [1.807, 2.05) is 13.2 Å². The Balaban J connectivity index is 1.93. The van der Waals surface area contributed by atoms with Gasteiger partial charge in [-0.2, -0.15) is 0 Å². The zero-order valence-corrected chi connectivity index (χ0v) is 8.44. The van der Waals surface area contributed by atoms with Crippen LogP contribution in [0.3, 0.4) is 0 Å². The van der Waals surface area contributed by atoms with E-state index in [1.165, 1.54) is 6.54 Å².